The van der Waals surface area contributed by atoms with Gasteiger partial charge in [0.25, 0.3) is 0 Å². The van der Waals surface area contributed by atoms with Crippen LogP contribution in [-0.2, 0) is 4.74 Å². The monoisotopic (exact) mass is 299 g/mol. The fourth-order valence-corrected chi connectivity index (χ4v) is 4.03. The summed E-state index contributed by atoms with van der Waals surface area (Å²) in [7, 11) is 1.85. The van der Waals surface area contributed by atoms with Gasteiger partial charge in [0.15, 0.2) is 5.96 Å². The van der Waals surface area contributed by atoms with Gasteiger partial charge in [-0.3, -0.25) is 4.99 Å². The van der Waals surface area contributed by atoms with Crippen LogP contribution in [0.1, 0.15) is 33.1 Å². The lowest BCUT2D eigenvalue weighted by molar-refractivity contribution is -0.106. The maximum absolute atomic E-state index is 5.84. The van der Waals surface area contributed by atoms with Gasteiger partial charge in [-0.2, -0.15) is 11.8 Å². The minimum Gasteiger partial charge on any atom is -0.377 e. The van der Waals surface area contributed by atoms with E-state index in [9.17, 15) is 0 Å². The van der Waals surface area contributed by atoms with Gasteiger partial charge in [-0.1, -0.05) is 13.8 Å². The summed E-state index contributed by atoms with van der Waals surface area (Å²) in [5.74, 6) is 2.84. The molecule has 1 heterocycles. The van der Waals surface area contributed by atoms with Crippen LogP contribution in [0.2, 0.25) is 0 Å². The van der Waals surface area contributed by atoms with Gasteiger partial charge in [-0.25, -0.2) is 0 Å². The molecule has 2 rings (SSSR count). The zero-order valence-corrected chi connectivity index (χ0v) is 14.1. The molecule has 2 aliphatic rings. The van der Waals surface area contributed by atoms with E-state index in [1.165, 1.54) is 25.0 Å². The second-order valence-electron chi connectivity index (χ2n) is 6.39. The van der Waals surface area contributed by atoms with Crippen molar-refractivity contribution in [2.45, 2.75) is 45.3 Å². The molecule has 116 valence electrons. The van der Waals surface area contributed by atoms with E-state index >= 15 is 0 Å². The molecular weight excluding hydrogens is 270 g/mol. The quantitative estimate of drug-likeness (QED) is 0.448. The molecule has 4 nitrogen and oxygen atoms in total. The number of ether oxygens (including phenoxy) is 1. The van der Waals surface area contributed by atoms with Crippen molar-refractivity contribution >= 4 is 17.7 Å². The zero-order valence-electron chi connectivity index (χ0n) is 13.2. The first-order valence-electron chi connectivity index (χ1n) is 7.69. The summed E-state index contributed by atoms with van der Waals surface area (Å²) in [6, 6.07) is 0.479. The van der Waals surface area contributed by atoms with Crippen LogP contribution in [0.15, 0.2) is 4.99 Å². The molecule has 0 aromatic carbocycles. The third-order valence-corrected chi connectivity index (χ3v) is 5.38. The van der Waals surface area contributed by atoms with E-state index in [-0.39, 0.29) is 5.41 Å². The molecule has 1 aliphatic heterocycles. The summed E-state index contributed by atoms with van der Waals surface area (Å²) in [5.41, 5.74) is 0.206. The minimum atomic E-state index is 0.206. The van der Waals surface area contributed by atoms with E-state index in [1.807, 2.05) is 18.8 Å². The highest BCUT2D eigenvalue weighted by Gasteiger charge is 2.59. The van der Waals surface area contributed by atoms with Crippen molar-refractivity contribution in [3.05, 3.63) is 0 Å². The summed E-state index contributed by atoms with van der Waals surface area (Å²) in [6.45, 7) is 6.50. The standard InChI is InChI=1S/C15H29N3OS/c1-15(2)12(11-7-9-19-13(11)15)18-14(16-3)17-8-5-6-10-20-4/h11-13H,5-10H2,1-4H3,(H2,16,17,18). The lowest BCUT2D eigenvalue weighted by Gasteiger charge is -2.54. The number of aliphatic imine (C=N–C) groups is 1. The van der Waals surface area contributed by atoms with Crippen LogP contribution in [-0.4, -0.2) is 50.3 Å². The molecule has 1 saturated heterocycles. The maximum Gasteiger partial charge on any atom is 0.191 e. The van der Waals surface area contributed by atoms with E-state index in [0.717, 1.165) is 19.1 Å². The van der Waals surface area contributed by atoms with Crippen LogP contribution in [0.4, 0.5) is 0 Å². The first-order valence-corrected chi connectivity index (χ1v) is 9.08. The van der Waals surface area contributed by atoms with Crippen LogP contribution < -0.4 is 10.6 Å². The number of rotatable bonds is 6. The Kier molecular flexibility index (Phi) is 5.61. The van der Waals surface area contributed by atoms with Crippen LogP contribution in [0.25, 0.3) is 0 Å². The molecule has 2 fully saturated rings. The molecule has 0 spiro atoms. The van der Waals surface area contributed by atoms with E-state index in [4.69, 9.17) is 4.74 Å². The van der Waals surface area contributed by atoms with Crippen molar-refractivity contribution in [1.29, 1.82) is 0 Å². The number of hydrogen-bond donors (Lipinski definition) is 2. The Hall–Kier alpha value is -0.420. The maximum atomic E-state index is 5.84. The van der Waals surface area contributed by atoms with Crippen LogP contribution in [0.3, 0.4) is 0 Å². The molecule has 0 bridgehead atoms. The van der Waals surface area contributed by atoms with Crippen molar-refractivity contribution in [1.82, 2.24) is 10.6 Å². The second-order valence-corrected chi connectivity index (χ2v) is 7.37. The number of nitrogens with zero attached hydrogens (tertiary/aromatic N) is 1. The minimum absolute atomic E-state index is 0.206. The van der Waals surface area contributed by atoms with Crippen molar-refractivity contribution in [3.8, 4) is 0 Å². The van der Waals surface area contributed by atoms with Crippen molar-refractivity contribution in [3.63, 3.8) is 0 Å². The van der Waals surface area contributed by atoms with Gasteiger partial charge in [0.2, 0.25) is 0 Å². The largest absolute Gasteiger partial charge is 0.377 e. The van der Waals surface area contributed by atoms with Gasteiger partial charge in [0.1, 0.15) is 0 Å². The third kappa shape index (κ3) is 3.25. The van der Waals surface area contributed by atoms with Gasteiger partial charge in [0, 0.05) is 37.6 Å². The van der Waals surface area contributed by atoms with Crippen LogP contribution in [0, 0.1) is 11.3 Å². The van der Waals surface area contributed by atoms with Crippen molar-refractivity contribution in [2.75, 3.05) is 32.2 Å². The molecule has 3 unspecified atom stereocenters. The van der Waals surface area contributed by atoms with Gasteiger partial charge in [-0.05, 0) is 31.3 Å². The predicted octanol–water partition coefficient (Wildman–Crippen LogP) is 2.11. The van der Waals surface area contributed by atoms with Gasteiger partial charge < -0.3 is 15.4 Å². The first kappa shape index (κ1) is 16.0. The molecule has 0 radical (unpaired) electrons. The van der Waals surface area contributed by atoms with E-state index in [2.05, 4.69) is 35.7 Å². The molecule has 0 amide bonds. The molecule has 5 heteroatoms. The Labute approximate surface area is 127 Å². The fraction of sp³-hybridized carbons (Fsp3) is 0.933. The number of guanidine groups is 1. The Bertz CT molecular complexity index is 346. The number of thioether (sulfide) groups is 1. The van der Waals surface area contributed by atoms with E-state index < -0.39 is 0 Å². The molecule has 20 heavy (non-hydrogen) atoms. The van der Waals surface area contributed by atoms with Crippen molar-refractivity contribution in [2.24, 2.45) is 16.3 Å². The zero-order chi connectivity index (χ0) is 14.6. The number of hydrogen-bond acceptors (Lipinski definition) is 3. The average Bonchev–Trinajstić information content (AvgIpc) is 2.88. The smallest absolute Gasteiger partial charge is 0.191 e. The Morgan fingerprint density at radius 1 is 1.40 bits per heavy atom. The topological polar surface area (TPSA) is 45.7 Å². The molecule has 0 aromatic heterocycles. The fourth-order valence-electron chi connectivity index (χ4n) is 3.54. The number of unbranched alkanes of at least 4 members (excludes halogenated alkanes) is 1. The normalized spacial score (nSPS) is 31.6. The van der Waals surface area contributed by atoms with E-state index in [1.54, 1.807) is 0 Å². The Morgan fingerprint density at radius 2 is 2.20 bits per heavy atom. The van der Waals surface area contributed by atoms with E-state index in [0.29, 0.717) is 18.1 Å². The molecule has 1 aliphatic carbocycles. The summed E-state index contributed by atoms with van der Waals surface area (Å²) >= 11 is 1.91. The lowest BCUT2D eigenvalue weighted by Crippen LogP contribution is -2.67. The highest BCUT2D eigenvalue weighted by atomic mass is 32.2. The molecular formula is C15H29N3OS. The molecule has 2 N–H and O–H groups in total. The van der Waals surface area contributed by atoms with Gasteiger partial charge >= 0.3 is 0 Å². The van der Waals surface area contributed by atoms with Crippen LogP contribution >= 0.6 is 11.8 Å². The number of nitrogens with one attached hydrogen (secondary N) is 2. The van der Waals surface area contributed by atoms with Crippen LogP contribution in [0.5, 0.6) is 0 Å². The third-order valence-electron chi connectivity index (χ3n) is 4.68. The molecule has 0 aromatic rings. The predicted molar refractivity (Wildman–Crippen MR) is 87.5 cm³/mol. The Balaban J connectivity index is 1.76. The first-order chi connectivity index (χ1) is 9.61. The summed E-state index contributed by atoms with van der Waals surface area (Å²) in [6.07, 6.45) is 6.23. The lowest BCUT2D eigenvalue weighted by atomic mass is 9.57. The summed E-state index contributed by atoms with van der Waals surface area (Å²) in [5, 5.41) is 7.04. The second kappa shape index (κ2) is 7.03. The van der Waals surface area contributed by atoms with Gasteiger partial charge in [-0.15, -0.1) is 0 Å². The SMILES string of the molecule is CN=C(NCCCCSC)NC1C2CCOC2C1(C)C. The van der Waals surface area contributed by atoms with Crippen molar-refractivity contribution < 1.29 is 4.74 Å². The highest BCUT2D eigenvalue weighted by molar-refractivity contribution is 7.98. The average molecular weight is 299 g/mol. The summed E-state index contributed by atoms with van der Waals surface area (Å²) in [4.78, 5) is 4.36. The Morgan fingerprint density at radius 3 is 2.90 bits per heavy atom. The molecule has 3 atom stereocenters. The van der Waals surface area contributed by atoms with Gasteiger partial charge in [0.05, 0.1) is 6.10 Å². The molecule has 1 saturated carbocycles. The highest BCUT2D eigenvalue weighted by Crippen LogP contribution is 2.51. The number of fused-ring (bicyclic) bond motifs is 1. The summed E-state index contributed by atoms with van der Waals surface area (Å²) < 4.78 is 5.84.